The van der Waals surface area contributed by atoms with Crippen molar-refractivity contribution in [1.82, 2.24) is 5.32 Å². The molecule has 0 amide bonds. The highest BCUT2D eigenvalue weighted by atomic mass is 16.5. The van der Waals surface area contributed by atoms with Crippen molar-refractivity contribution in [3.8, 4) is 0 Å². The Labute approximate surface area is 119 Å². The molecular weight excluding hydrogens is 234 g/mol. The molecule has 0 aromatic heterocycles. The molecule has 1 aliphatic heterocycles. The first-order valence-corrected chi connectivity index (χ1v) is 8.45. The van der Waals surface area contributed by atoms with E-state index in [4.69, 9.17) is 4.74 Å². The summed E-state index contributed by atoms with van der Waals surface area (Å²) in [6.45, 7) is 10.1. The van der Waals surface area contributed by atoms with Crippen LogP contribution in [-0.2, 0) is 4.74 Å². The number of hydrogen-bond donors (Lipinski definition) is 1. The van der Waals surface area contributed by atoms with Gasteiger partial charge in [-0.15, -0.1) is 0 Å². The van der Waals surface area contributed by atoms with E-state index in [1.165, 1.54) is 44.9 Å². The highest BCUT2D eigenvalue weighted by Crippen LogP contribution is 2.43. The van der Waals surface area contributed by atoms with Crippen LogP contribution in [0.25, 0.3) is 0 Å². The summed E-state index contributed by atoms with van der Waals surface area (Å²) in [4.78, 5) is 0. The van der Waals surface area contributed by atoms with Crippen LogP contribution in [0.15, 0.2) is 0 Å². The molecule has 0 aromatic rings. The summed E-state index contributed by atoms with van der Waals surface area (Å²) in [5.41, 5.74) is 0.414. The standard InChI is InChI=1S/C17H33NO/c1-14(2)12-18-13-17(9-10-19-15(17)3)11-16-7-5-4-6-8-16/h14-16,18H,4-13H2,1-3H3. The van der Waals surface area contributed by atoms with E-state index in [1.807, 2.05) is 0 Å². The molecule has 2 rings (SSSR count). The molecule has 1 heterocycles. The summed E-state index contributed by atoms with van der Waals surface area (Å²) < 4.78 is 5.93. The van der Waals surface area contributed by atoms with Gasteiger partial charge >= 0.3 is 0 Å². The average Bonchev–Trinajstić information content (AvgIpc) is 2.72. The lowest BCUT2D eigenvalue weighted by Crippen LogP contribution is -2.42. The predicted octanol–water partition coefficient (Wildman–Crippen LogP) is 4.00. The summed E-state index contributed by atoms with van der Waals surface area (Å²) >= 11 is 0. The molecule has 19 heavy (non-hydrogen) atoms. The van der Waals surface area contributed by atoms with Gasteiger partial charge in [-0.1, -0.05) is 46.0 Å². The van der Waals surface area contributed by atoms with Gasteiger partial charge in [0.15, 0.2) is 0 Å². The number of ether oxygens (including phenoxy) is 1. The third-order valence-electron chi connectivity index (χ3n) is 5.28. The summed E-state index contributed by atoms with van der Waals surface area (Å²) in [5, 5.41) is 3.71. The number of nitrogens with one attached hydrogen (secondary N) is 1. The van der Waals surface area contributed by atoms with Crippen LogP contribution < -0.4 is 5.32 Å². The van der Waals surface area contributed by atoms with Gasteiger partial charge in [-0.2, -0.15) is 0 Å². The monoisotopic (exact) mass is 267 g/mol. The predicted molar refractivity (Wildman–Crippen MR) is 81.4 cm³/mol. The molecule has 2 nitrogen and oxygen atoms in total. The van der Waals surface area contributed by atoms with Gasteiger partial charge in [0.25, 0.3) is 0 Å². The fourth-order valence-corrected chi connectivity index (χ4v) is 3.97. The van der Waals surface area contributed by atoms with Crippen LogP contribution in [0.1, 0.15) is 65.7 Å². The largest absolute Gasteiger partial charge is 0.378 e. The minimum atomic E-state index is 0.414. The minimum absolute atomic E-state index is 0.414. The molecule has 0 spiro atoms. The first kappa shape index (κ1) is 15.3. The molecule has 2 heteroatoms. The Morgan fingerprint density at radius 2 is 1.95 bits per heavy atom. The topological polar surface area (TPSA) is 21.3 Å². The fraction of sp³-hybridized carbons (Fsp3) is 1.00. The molecular formula is C17H33NO. The van der Waals surface area contributed by atoms with Crippen LogP contribution in [0.5, 0.6) is 0 Å². The zero-order valence-corrected chi connectivity index (χ0v) is 13.2. The van der Waals surface area contributed by atoms with E-state index in [0.29, 0.717) is 11.5 Å². The van der Waals surface area contributed by atoms with Gasteiger partial charge in [0.2, 0.25) is 0 Å². The van der Waals surface area contributed by atoms with Crippen molar-refractivity contribution in [2.24, 2.45) is 17.3 Å². The average molecular weight is 267 g/mol. The van der Waals surface area contributed by atoms with Crippen LogP contribution in [0, 0.1) is 17.3 Å². The van der Waals surface area contributed by atoms with Crippen molar-refractivity contribution in [3.05, 3.63) is 0 Å². The van der Waals surface area contributed by atoms with Crippen LogP contribution in [0.4, 0.5) is 0 Å². The second kappa shape index (κ2) is 7.08. The molecule has 1 aliphatic carbocycles. The molecule has 1 N–H and O–H groups in total. The molecule has 0 bridgehead atoms. The van der Waals surface area contributed by atoms with Gasteiger partial charge in [-0.3, -0.25) is 0 Å². The van der Waals surface area contributed by atoms with Crippen molar-refractivity contribution in [1.29, 1.82) is 0 Å². The normalized spacial score (nSPS) is 33.2. The molecule has 2 unspecified atom stereocenters. The van der Waals surface area contributed by atoms with Crippen LogP contribution in [0.2, 0.25) is 0 Å². The lowest BCUT2D eigenvalue weighted by atomic mass is 9.71. The molecule has 2 atom stereocenters. The Kier molecular flexibility index (Phi) is 5.70. The Bertz CT molecular complexity index is 260. The van der Waals surface area contributed by atoms with Gasteiger partial charge < -0.3 is 10.1 Å². The van der Waals surface area contributed by atoms with E-state index >= 15 is 0 Å². The van der Waals surface area contributed by atoms with Gasteiger partial charge in [0, 0.05) is 18.6 Å². The number of rotatable bonds is 6. The SMILES string of the molecule is CC(C)CNCC1(CC2CCCCC2)CCOC1C. The molecule has 0 radical (unpaired) electrons. The molecule has 2 fully saturated rings. The fourth-order valence-electron chi connectivity index (χ4n) is 3.97. The first-order chi connectivity index (χ1) is 9.12. The van der Waals surface area contributed by atoms with Crippen molar-refractivity contribution < 1.29 is 4.74 Å². The van der Waals surface area contributed by atoms with Crippen LogP contribution in [-0.4, -0.2) is 25.8 Å². The van der Waals surface area contributed by atoms with E-state index in [-0.39, 0.29) is 0 Å². The van der Waals surface area contributed by atoms with Gasteiger partial charge in [0.1, 0.15) is 0 Å². The highest BCUT2D eigenvalue weighted by molar-refractivity contribution is 4.93. The van der Waals surface area contributed by atoms with Gasteiger partial charge in [0.05, 0.1) is 6.10 Å². The summed E-state index contributed by atoms with van der Waals surface area (Å²) in [6.07, 6.45) is 10.4. The van der Waals surface area contributed by atoms with Crippen LogP contribution >= 0.6 is 0 Å². The van der Waals surface area contributed by atoms with E-state index in [2.05, 4.69) is 26.1 Å². The second-order valence-corrected chi connectivity index (χ2v) is 7.36. The summed E-state index contributed by atoms with van der Waals surface area (Å²) in [6, 6.07) is 0. The van der Waals surface area contributed by atoms with E-state index in [1.54, 1.807) is 0 Å². The van der Waals surface area contributed by atoms with Crippen LogP contribution in [0.3, 0.4) is 0 Å². The van der Waals surface area contributed by atoms with E-state index < -0.39 is 0 Å². The van der Waals surface area contributed by atoms with Crippen molar-refractivity contribution >= 4 is 0 Å². The molecule has 2 aliphatic rings. The van der Waals surface area contributed by atoms with Gasteiger partial charge in [-0.25, -0.2) is 0 Å². The van der Waals surface area contributed by atoms with Crippen molar-refractivity contribution in [3.63, 3.8) is 0 Å². The maximum atomic E-state index is 5.93. The quantitative estimate of drug-likeness (QED) is 0.785. The molecule has 0 aromatic carbocycles. The maximum absolute atomic E-state index is 5.93. The van der Waals surface area contributed by atoms with Crippen molar-refractivity contribution in [2.45, 2.75) is 71.8 Å². The third-order valence-corrected chi connectivity index (χ3v) is 5.28. The second-order valence-electron chi connectivity index (χ2n) is 7.36. The Balaban J connectivity index is 1.90. The minimum Gasteiger partial charge on any atom is -0.378 e. The zero-order chi connectivity index (χ0) is 13.7. The molecule has 112 valence electrons. The summed E-state index contributed by atoms with van der Waals surface area (Å²) in [7, 11) is 0. The zero-order valence-electron chi connectivity index (χ0n) is 13.2. The third kappa shape index (κ3) is 4.19. The van der Waals surface area contributed by atoms with Gasteiger partial charge in [-0.05, 0) is 38.1 Å². The van der Waals surface area contributed by atoms with E-state index in [0.717, 1.165) is 31.5 Å². The lowest BCUT2D eigenvalue weighted by molar-refractivity contribution is 0.0447. The Hall–Kier alpha value is -0.0800. The number of hydrogen-bond acceptors (Lipinski definition) is 2. The lowest BCUT2D eigenvalue weighted by Gasteiger charge is -2.37. The smallest absolute Gasteiger partial charge is 0.0616 e. The molecule has 1 saturated carbocycles. The Morgan fingerprint density at radius 3 is 2.53 bits per heavy atom. The molecule has 1 saturated heterocycles. The Morgan fingerprint density at radius 1 is 1.21 bits per heavy atom. The van der Waals surface area contributed by atoms with E-state index in [9.17, 15) is 0 Å². The summed E-state index contributed by atoms with van der Waals surface area (Å²) in [5.74, 6) is 1.70. The van der Waals surface area contributed by atoms with Crippen molar-refractivity contribution in [2.75, 3.05) is 19.7 Å². The maximum Gasteiger partial charge on any atom is 0.0616 e. The first-order valence-electron chi connectivity index (χ1n) is 8.45. The highest BCUT2D eigenvalue weighted by Gasteiger charge is 2.42.